The van der Waals surface area contributed by atoms with Gasteiger partial charge in [0.25, 0.3) is 5.91 Å². The topological polar surface area (TPSA) is 130 Å². The Bertz CT molecular complexity index is 644. The number of hydrogen-bond donors (Lipinski definition) is 3. The Balaban J connectivity index is 2.91. The average molecular weight is 316 g/mol. The second-order valence-corrected chi connectivity index (χ2v) is 6.03. The van der Waals surface area contributed by atoms with Crippen LogP contribution in [0, 0.1) is 10.1 Å². The van der Waals surface area contributed by atoms with Crippen LogP contribution in [0.1, 0.15) is 10.4 Å². The van der Waals surface area contributed by atoms with Crippen LogP contribution in [-0.4, -0.2) is 45.6 Å². The third kappa shape index (κ3) is 4.39. The lowest BCUT2D eigenvalue weighted by Crippen LogP contribution is -2.33. The quantitative estimate of drug-likeness (QED) is 0.476. The lowest BCUT2D eigenvalue weighted by molar-refractivity contribution is -0.384. The Kier molecular flexibility index (Phi) is 5.61. The molecule has 116 valence electrons. The number of anilines is 1. The van der Waals surface area contributed by atoms with Gasteiger partial charge in [0.2, 0.25) is 10.0 Å². The van der Waals surface area contributed by atoms with E-state index in [-0.39, 0.29) is 29.2 Å². The molecule has 0 aromatic heterocycles. The molecular weight excluding hydrogens is 300 g/mol. The predicted molar refractivity (Wildman–Crippen MR) is 77.8 cm³/mol. The first kappa shape index (κ1) is 16.9. The van der Waals surface area contributed by atoms with Crippen LogP contribution < -0.4 is 15.4 Å². The molecule has 1 aromatic rings. The third-order valence-electron chi connectivity index (χ3n) is 2.70. The molecule has 0 bridgehead atoms. The first-order valence-corrected chi connectivity index (χ1v) is 7.62. The Hall–Kier alpha value is -2.20. The number of sulfonamides is 1. The summed E-state index contributed by atoms with van der Waals surface area (Å²) in [5.41, 5.74) is -0.279. The summed E-state index contributed by atoms with van der Waals surface area (Å²) in [5.74, 6) is -1.01. The maximum Gasteiger partial charge on any atom is 0.305 e. The molecule has 0 heterocycles. The maximum absolute atomic E-state index is 12.0. The Morgan fingerprint density at radius 2 is 2.00 bits per heavy atom. The molecular formula is C11H16N4O5S. The predicted octanol–water partition coefficient (Wildman–Crippen LogP) is -0.0845. The molecule has 0 saturated carbocycles. The molecule has 1 rings (SSSR count). The fourth-order valence-electron chi connectivity index (χ4n) is 1.62. The Morgan fingerprint density at radius 3 is 2.52 bits per heavy atom. The van der Waals surface area contributed by atoms with Crippen LogP contribution in [0.5, 0.6) is 0 Å². The number of nitro groups is 1. The smallest absolute Gasteiger partial charge is 0.305 e. The zero-order valence-electron chi connectivity index (χ0n) is 11.5. The molecule has 0 fully saturated rings. The molecule has 10 heteroatoms. The first-order valence-electron chi connectivity index (χ1n) is 5.97. The van der Waals surface area contributed by atoms with Crippen LogP contribution in [0.25, 0.3) is 0 Å². The Labute approximate surface area is 121 Å². The normalized spacial score (nSPS) is 11.0. The van der Waals surface area contributed by atoms with Crippen molar-refractivity contribution in [2.45, 2.75) is 0 Å². The van der Waals surface area contributed by atoms with Crippen molar-refractivity contribution < 1.29 is 18.1 Å². The standard InChI is InChI=1S/C11H16N4O5S/c1-12-9-5-3-4-8(10(9)15(17)18)11(16)14-6-7-21(19,20)13-2/h3-5,12-13H,6-7H2,1-2H3,(H,14,16). The summed E-state index contributed by atoms with van der Waals surface area (Å²) in [6.07, 6.45) is 0. The van der Waals surface area contributed by atoms with Crippen molar-refractivity contribution in [2.75, 3.05) is 31.7 Å². The lowest BCUT2D eigenvalue weighted by Gasteiger charge is -2.08. The van der Waals surface area contributed by atoms with Gasteiger partial charge in [-0.25, -0.2) is 13.1 Å². The molecule has 0 radical (unpaired) electrons. The van der Waals surface area contributed by atoms with Gasteiger partial charge in [0.1, 0.15) is 11.3 Å². The molecule has 0 unspecified atom stereocenters. The number of nitro benzene ring substituents is 1. The second-order valence-electron chi connectivity index (χ2n) is 3.99. The van der Waals surface area contributed by atoms with Crippen molar-refractivity contribution in [3.8, 4) is 0 Å². The highest BCUT2D eigenvalue weighted by atomic mass is 32.2. The molecule has 0 aliphatic carbocycles. The number of nitrogens with one attached hydrogen (secondary N) is 3. The number of carbonyl (C=O) groups excluding carboxylic acids is 1. The molecule has 0 saturated heterocycles. The van der Waals surface area contributed by atoms with E-state index in [0.717, 1.165) is 0 Å². The fourth-order valence-corrected chi connectivity index (χ4v) is 2.20. The minimum Gasteiger partial charge on any atom is -0.383 e. The first-order chi connectivity index (χ1) is 9.82. The monoisotopic (exact) mass is 316 g/mol. The number of nitrogens with zero attached hydrogens (tertiary/aromatic N) is 1. The summed E-state index contributed by atoms with van der Waals surface area (Å²) in [4.78, 5) is 22.4. The Morgan fingerprint density at radius 1 is 1.33 bits per heavy atom. The summed E-state index contributed by atoms with van der Waals surface area (Å²) in [7, 11) is -0.682. The fraction of sp³-hybridized carbons (Fsp3) is 0.364. The second kappa shape index (κ2) is 6.99. The number of hydrogen-bond acceptors (Lipinski definition) is 6. The van der Waals surface area contributed by atoms with Crippen LogP contribution in [0.4, 0.5) is 11.4 Å². The molecule has 1 aromatic carbocycles. The number of amides is 1. The van der Waals surface area contributed by atoms with Gasteiger partial charge in [-0.15, -0.1) is 0 Å². The lowest BCUT2D eigenvalue weighted by atomic mass is 10.1. The maximum atomic E-state index is 12.0. The zero-order chi connectivity index (χ0) is 16.0. The van der Waals surface area contributed by atoms with E-state index in [2.05, 4.69) is 15.4 Å². The van der Waals surface area contributed by atoms with Crippen molar-refractivity contribution in [1.82, 2.24) is 10.0 Å². The van der Waals surface area contributed by atoms with E-state index < -0.39 is 20.9 Å². The summed E-state index contributed by atoms with van der Waals surface area (Å²) in [6, 6.07) is 4.28. The molecule has 0 aliphatic rings. The highest BCUT2D eigenvalue weighted by Gasteiger charge is 2.23. The van der Waals surface area contributed by atoms with Crippen LogP contribution >= 0.6 is 0 Å². The largest absolute Gasteiger partial charge is 0.383 e. The zero-order valence-corrected chi connectivity index (χ0v) is 12.4. The summed E-state index contributed by atoms with van der Waals surface area (Å²) >= 11 is 0. The summed E-state index contributed by atoms with van der Waals surface area (Å²) in [5, 5.41) is 16.0. The van der Waals surface area contributed by atoms with Gasteiger partial charge in [-0.2, -0.15) is 0 Å². The van der Waals surface area contributed by atoms with Gasteiger partial charge in [0, 0.05) is 13.6 Å². The number of carbonyl (C=O) groups is 1. The van der Waals surface area contributed by atoms with Crippen molar-refractivity contribution in [1.29, 1.82) is 0 Å². The van der Waals surface area contributed by atoms with Gasteiger partial charge in [-0.1, -0.05) is 6.07 Å². The van der Waals surface area contributed by atoms with Crippen molar-refractivity contribution in [3.63, 3.8) is 0 Å². The van der Waals surface area contributed by atoms with Gasteiger partial charge in [0.15, 0.2) is 0 Å². The molecule has 9 nitrogen and oxygen atoms in total. The molecule has 0 aliphatic heterocycles. The number of benzene rings is 1. The minimum absolute atomic E-state index is 0.131. The van der Waals surface area contributed by atoms with Gasteiger partial charge < -0.3 is 10.6 Å². The molecule has 0 spiro atoms. The highest BCUT2D eigenvalue weighted by Crippen LogP contribution is 2.27. The molecule has 3 N–H and O–H groups in total. The van der Waals surface area contributed by atoms with Crippen LogP contribution in [0.2, 0.25) is 0 Å². The van der Waals surface area contributed by atoms with Crippen molar-refractivity contribution >= 4 is 27.3 Å². The van der Waals surface area contributed by atoms with E-state index in [9.17, 15) is 23.3 Å². The van der Waals surface area contributed by atoms with Crippen LogP contribution in [0.15, 0.2) is 18.2 Å². The van der Waals surface area contributed by atoms with Crippen molar-refractivity contribution in [2.24, 2.45) is 0 Å². The molecule has 0 atom stereocenters. The number of para-hydroxylation sites is 1. The van der Waals surface area contributed by atoms with E-state index >= 15 is 0 Å². The summed E-state index contributed by atoms with van der Waals surface area (Å²) < 4.78 is 24.5. The average Bonchev–Trinajstić information content (AvgIpc) is 2.45. The van der Waals surface area contributed by atoms with E-state index in [0.29, 0.717) is 0 Å². The van der Waals surface area contributed by atoms with E-state index in [1.807, 2.05) is 0 Å². The molecule has 1 amide bonds. The van der Waals surface area contributed by atoms with Gasteiger partial charge >= 0.3 is 5.69 Å². The van der Waals surface area contributed by atoms with Gasteiger partial charge in [0.05, 0.1) is 10.7 Å². The van der Waals surface area contributed by atoms with Gasteiger partial charge in [-0.05, 0) is 19.2 Å². The third-order valence-corrected chi connectivity index (χ3v) is 4.06. The molecule has 21 heavy (non-hydrogen) atoms. The van der Waals surface area contributed by atoms with Crippen LogP contribution in [-0.2, 0) is 10.0 Å². The minimum atomic E-state index is -3.45. The SMILES string of the molecule is CNc1cccc(C(=O)NCCS(=O)(=O)NC)c1[N+](=O)[O-]. The number of rotatable bonds is 7. The van der Waals surface area contributed by atoms with Crippen LogP contribution in [0.3, 0.4) is 0 Å². The summed E-state index contributed by atoms with van der Waals surface area (Å²) in [6.45, 7) is -0.150. The van der Waals surface area contributed by atoms with E-state index in [1.165, 1.54) is 32.3 Å². The van der Waals surface area contributed by atoms with E-state index in [4.69, 9.17) is 0 Å². The van der Waals surface area contributed by atoms with Gasteiger partial charge in [-0.3, -0.25) is 14.9 Å². The van der Waals surface area contributed by atoms with Crippen molar-refractivity contribution in [3.05, 3.63) is 33.9 Å². The highest BCUT2D eigenvalue weighted by molar-refractivity contribution is 7.89. The van der Waals surface area contributed by atoms with E-state index in [1.54, 1.807) is 0 Å².